The van der Waals surface area contributed by atoms with Crippen LogP contribution in [0.4, 0.5) is 0 Å². The number of Topliss-reactive ketones (excluding diaryl/α,β-unsaturated/α-hetero) is 1. The zero-order chi connectivity index (χ0) is 23.1. The molecule has 1 rings (SSSR count). The summed E-state index contributed by atoms with van der Waals surface area (Å²) in [6.07, 6.45) is 0.299. The fraction of sp³-hybridized carbons (Fsp3) is 0.810. The highest BCUT2D eigenvalue weighted by atomic mass is 16.7. The Morgan fingerprint density at radius 1 is 0.839 bits per heavy atom. The summed E-state index contributed by atoms with van der Waals surface area (Å²) in [5.41, 5.74) is -0.371. The zero-order valence-electron chi connectivity index (χ0n) is 18.8. The number of ether oxygens (including phenoxy) is 4. The number of nitrogens with zero attached hydrogens (tertiary/aromatic N) is 1. The summed E-state index contributed by atoms with van der Waals surface area (Å²) in [5.74, 6) is -2.19. The number of hydrogen-bond donors (Lipinski definition) is 0. The van der Waals surface area contributed by atoms with E-state index in [1.54, 1.807) is 0 Å². The molecule has 0 unspecified atom stereocenters. The molecule has 0 bridgehead atoms. The van der Waals surface area contributed by atoms with Gasteiger partial charge in [0, 0.05) is 51.1 Å². The van der Waals surface area contributed by atoms with Crippen molar-refractivity contribution in [3.63, 3.8) is 0 Å². The van der Waals surface area contributed by atoms with Crippen molar-refractivity contribution in [2.24, 2.45) is 5.41 Å². The van der Waals surface area contributed by atoms with Crippen LogP contribution in [0.25, 0.3) is 0 Å². The number of hydrogen-bond acceptors (Lipinski definition) is 9. The Morgan fingerprint density at radius 3 is 1.84 bits per heavy atom. The molecule has 0 aromatic carbocycles. The quantitative estimate of drug-likeness (QED) is 0.228. The van der Waals surface area contributed by atoms with Crippen LogP contribution in [0.3, 0.4) is 0 Å². The van der Waals surface area contributed by atoms with E-state index in [9.17, 15) is 19.2 Å². The molecule has 1 aliphatic rings. The summed E-state index contributed by atoms with van der Waals surface area (Å²) >= 11 is 0. The summed E-state index contributed by atoms with van der Waals surface area (Å²) in [6.45, 7) is 9.01. The van der Waals surface area contributed by atoms with Crippen molar-refractivity contribution in [1.29, 1.82) is 0 Å². The molecular formula is C21H35NO9. The SMILES string of the molecule is CCOCC(CCOCC(=O)CCC(=O)ON1C(=O)CCC1=O)(COCC)COCC. The van der Waals surface area contributed by atoms with E-state index in [-0.39, 0.29) is 43.5 Å². The van der Waals surface area contributed by atoms with Crippen LogP contribution in [0.1, 0.15) is 52.9 Å². The molecule has 0 saturated carbocycles. The predicted molar refractivity (Wildman–Crippen MR) is 109 cm³/mol. The van der Waals surface area contributed by atoms with Gasteiger partial charge in [-0.2, -0.15) is 0 Å². The maximum Gasteiger partial charge on any atom is 0.333 e. The molecule has 0 N–H and O–H groups in total. The Kier molecular flexibility index (Phi) is 13.1. The lowest BCUT2D eigenvalue weighted by Crippen LogP contribution is -2.39. The standard InChI is InChI=1S/C21H35NO9/c1-4-27-14-21(15-28-5-2,16-29-6-3)11-12-30-13-17(23)7-10-20(26)31-22-18(24)8-9-19(22)25/h4-16H2,1-3H3. The van der Waals surface area contributed by atoms with E-state index in [1.165, 1.54) is 0 Å². The predicted octanol–water partition coefficient (Wildman–Crippen LogP) is 1.45. The van der Waals surface area contributed by atoms with E-state index in [1.807, 2.05) is 20.8 Å². The topological polar surface area (TPSA) is 118 Å². The maximum atomic E-state index is 12.0. The lowest BCUT2D eigenvalue weighted by molar-refractivity contribution is -0.197. The van der Waals surface area contributed by atoms with Gasteiger partial charge in [-0.25, -0.2) is 4.79 Å². The van der Waals surface area contributed by atoms with Gasteiger partial charge in [0.05, 0.1) is 26.2 Å². The van der Waals surface area contributed by atoms with Crippen LogP contribution in [-0.4, -0.2) is 81.5 Å². The zero-order valence-corrected chi connectivity index (χ0v) is 18.8. The fourth-order valence-corrected chi connectivity index (χ4v) is 2.89. The van der Waals surface area contributed by atoms with Gasteiger partial charge >= 0.3 is 5.97 Å². The van der Waals surface area contributed by atoms with Gasteiger partial charge in [-0.15, -0.1) is 5.06 Å². The number of imide groups is 1. The van der Waals surface area contributed by atoms with Gasteiger partial charge in [0.15, 0.2) is 5.78 Å². The summed E-state index contributed by atoms with van der Waals surface area (Å²) in [7, 11) is 0. The molecule has 2 amide bonds. The second kappa shape index (κ2) is 15.0. The van der Waals surface area contributed by atoms with Crippen molar-refractivity contribution in [3.05, 3.63) is 0 Å². The summed E-state index contributed by atoms with van der Waals surface area (Å²) in [4.78, 5) is 51.3. The molecule has 10 nitrogen and oxygen atoms in total. The highest BCUT2D eigenvalue weighted by Crippen LogP contribution is 2.25. The van der Waals surface area contributed by atoms with Crippen LogP contribution in [0, 0.1) is 5.41 Å². The van der Waals surface area contributed by atoms with Crippen molar-refractivity contribution >= 4 is 23.6 Å². The molecule has 0 aromatic heterocycles. The Labute approximate surface area is 183 Å². The van der Waals surface area contributed by atoms with Crippen molar-refractivity contribution in [2.45, 2.75) is 52.9 Å². The van der Waals surface area contributed by atoms with Crippen LogP contribution in [0.15, 0.2) is 0 Å². The van der Waals surface area contributed by atoms with E-state index < -0.39 is 17.8 Å². The summed E-state index contributed by atoms with van der Waals surface area (Å²) in [6, 6.07) is 0. The average Bonchev–Trinajstić information content (AvgIpc) is 3.08. The van der Waals surface area contributed by atoms with Gasteiger partial charge in [0.25, 0.3) is 11.8 Å². The Morgan fingerprint density at radius 2 is 1.35 bits per heavy atom. The van der Waals surface area contributed by atoms with Gasteiger partial charge in [-0.05, 0) is 27.2 Å². The largest absolute Gasteiger partial charge is 0.381 e. The molecular weight excluding hydrogens is 410 g/mol. The lowest BCUT2D eigenvalue weighted by atomic mass is 9.87. The second-order valence-electron chi connectivity index (χ2n) is 7.30. The minimum absolute atomic E-state index is 0.0241. The first kappa shape index (κ1) is 27.2. The number of amides is 2. The number of ketones is 1. The van der Waals surface area contributed by atoms with Crippen LogP contribution in [-0.2, 0) is 43.0 Å². The third-order valence-electron chi connectivity index (χ3n) is 4.68. The third-order valence-corrected chi connectivity index (χ3v) is 4.68. The molecule has 0 aromatic rings. The van der Waals surface area contributed by atoms with E-state index in [0.717, 1.165) is 0 Å². The van der Waals surface area contributed by atoms with Crippen LogP contribution < -0.4 is 0 Å². The molecule has 1 fully saturated rings. The average molecular weight is 446 g/mol. The number of hydroxylamine groups is 2. The Hall–Kier alpha value is -1.88. The van der Waals surface area contributed by atoms with Crippen LogP contribution >= 0.6 is 0 Å². The van der Waals surface area contributed by atoms with Crippen molar-refractivity contribution in [1.82, 2.24) is 5.06 Å². The Bertz CT molecular complexity index is 556. The van der Waals surface area contributed by atoms with Crippen LogP contribution in [0.2, 0.25) is 0 Å². The van der Waals surface area contributed by atoms with Gasteiger partial charge in [-0.3, -0.25) is 14.4 Å². The van der Waals surface area contributed by atoms with Gasteiger partial charge in [0.1, 0.15) is 6.61 Å². The minimum Gasteiger partial charge on any atom is -0.381 e. The van der Waals surface area contributed by atoms with E-state index in [2.05, 4.69) is 0 Å². The molecule has 10 heteroatoms. The second-order valence-corrected chi connectivity index (χ2v) is 7.30. The molecule has 0 spiro atoms. The maximum absolute atomic E-state index is 12.0. The number of rotatable bonds is 18. The number of carbonyl (C=O) groups is 4. The highest BCUT2D eigenvalue weighted by Gasteiger charge is 2.33. The molecule has 1 heterocycles. The van der Waals surface area contributed by atoms with E-state index in [0.29, 0.717) is 57.7 Å². The monoisotopic (exact) mass is 445 g/mol. The number of carbonyl (C=O) groups excluding carboxylic acids is 4. The molecule has 0 atom stereocenters. The van der Waals surface area contributed by atoms with Crippen molar-refractivity contribution in [2.75, 3.05) is 52.9 Å². The first-order valence-electron chi connectivity index (χ1n) is 10.8. The normalized spacial score (nSPS) is 14.4. The third kappa shape index (κ3) is 10.3. The van der Waals surface area contributed by atoms with E-state index in [4.69, 9.17) is 23.8 Å². The lowest BCUT2D eigenvalue weighted by Gasteiger charge is -2.32. The molecule has 1 saturated heterocycles. The van der Waals surface area contributed by atoms with Gasteiger partial charge in [-0.1, -0.05) is 0 Å². The van der Waals surface area contributed by atoms with Gasteiger partial charge < -0.3 is 23.8 Å². The summed E-state index contributed by atoms with van der Waals surface area (Å²) in [5, 5.41) is 0.470. The first-order valence-corrected chi connectivity index (χ1v) is 10.8. The Balaban J connectivity index is 2.37. The van der Waals surface area contributed by atoms with E-state index >= 15 is 0 Å². The molecule has 0 radical (unpaired) electrons. The molecule has 0 aliphatic carbocycles. The molecule has 1 aliphatic heterocycles. The van der Waals surface area contributed by atoms with Crippen molar-refractivity contribution in [3.8, 4) is 0 Å². The summed E-state index contributed by atoms with van der Waals surface area (Å²) < 4.78 is 22.4. The fourth-order valence-electron chi connectivity index (χ4n) is 2.89. The minimum atomic E-state index is -0.805. The highest BCUT2D eigenvalue weighted by molar-refractivity contribution is 6.01. The van der Waals surface area contributed by atoms with Gasteiger partial charge in [0.2, 0.25) is 0 Å². The first-order chi connectivity index (χ1) is 14.9. The van der Waals surface area contributed by atoms with Crippen LogP contribution in [0.5, 0.6) is 0 Å². The smallest absolute Gasteiger partial charge is 0.333 e. The van der Waals surface area contributed by atoms with Crippen molar-refractivity contribution < 1.29 is 43.0 Å². The molecule has 178 valence electrons. The molecule has 31 heavy (non-hydrogen) atoms.